The molecule has 0 aliphatic heterocycles. The summed E-state index contributed by atoms with van der Waals surface area (Å²) in [6.45, 7) is 2.40. The minimum atomic E-state index is -4.61. The molecule has 0 amide bonds. The molecule has 0 aliphatic rings. The van der Waals surface area contributed by atoms with Crippen LogP contribution >= 0.6 is 7.82 Å². The molecule has 10 nitrogen and oxygen atoms in total. The van der Waals surface area contributed by atoms with Gasteiger partial charge in [0.2, 0.25) is 0 Å². The Hall–Kier alpha value is -1.29. The van der Waals surface area contributed by atoms with Crippen LogP contribution in [0.2, 0.25) is 0 Å². The van der Waals surface area contributed by atoms with Crippen LogP contribution in [-0.2, 0) is 32.7 Å². The van der Waals surface area contributed by atoms with Gasteiger partial charge in [0.15, 0.2) is 6.10 Å². The van der Waals surface area contributed by atoms with Gasteiger partial charge in [0, 0.05) is 12.8 Å². The molecule has 3 N–H and O–H groups in total. The van der Waals surface area contributed by atoms with Crippen LogP contribution in [0.15, 0.2) is 12.2 Å². The highest BCUT2D eigenvalue weighted by Gasteiger charge is 2.27. The molecule has 0 saturated heterocycles. The fraction of sp³-hybridized carbons (Fsp3) is 0.909. The van der Waals surface area contributed by atoms with Gasteiger partial charge in [-0.1, -0.05) is 180 Å². The van der Waals surface area contributed by atoms with Crippen molar-refractivity contribution in [2.45, 2.75) is 232 Å². The monoisotopic (exact) mass is 805 g/mol. The highest BCUT2D eigenvalue weighted by Crippen LogP contribution is 2.43. The predicted molar refractivity (Wildman–Crippen MR) is 224 cm³/mol. The van der Waals surface area contributed by atoms with Gasteiger partial charge in [0.25, 0.3) is 0 Å². The Morgan fingerprint density at radius 1 is 0.527 bits per heavy atom. The lowest BCUT2D eigenvalue weighted by Crippen LogP contribution is -2.29. The maximum absolute atomic E-state index is 12.6. The molecule has 0 aromatic heterocycles. The second-order valence-corrected chi connectivity index (χ2v) is 16.9. The van der Waals surface area contributed by atoms with Gasteiger partial charge < -0.3 is 24.6 Å². The molecule has 11 heteroatoms. The molecular weight excluding hydrogens is 719 g/mol. The minimum absolute atomic E-state index is 0.189. The Balaban J connectivity index is 4.24. The van der Waals surface area contributed by atoms with Crippen molar-refractivity contribution in [3.63, 3.8) is 0 Å². The molecule has 0 radical (unpaired) electrons. The second kappa shape index (κ2) is 40.9. The summed E-state index contributed by atoms with van der Waals surface area (Å²) in [6.07, 6.45) is 38.8. The summed E-state index contributed by atoms with van der Waals surface area (Å²) in [4.78, 5) is 35.0. The van der Waals surface area contributed by atoms with Gasteiger partial charge in [-0.05, 0) is 38.5 Å². The molecule has 0 aromatic carbocycles. The number of esters is 2. The van der Waals surface area contributed by atoms with E-state index in [9.17, 15) is 24.2 Å². The number of hydrogen-bond donors (Lipinski definition) is 3. The van der Waals surface area contributed by atoms with E-state index in [0.717, 1.165) is 44.9 Å². The molecule has 0 bridgehead atoms. The molecule has 3 atom stereocenters. The van der Waals surface area contributed by atoms with E-state index in [2.05, 4.69) is 26.0 Å². The molecule has 0 aromatic rings. The summed E-state index contributed by atoms with van der Waals surface area (Å²) in [7, 11) is -4.61. The summed E-state index contributed by atoms with van der Waals surface area (Å²) in [5.74, 6) is -0.918. The molecule has 55 heavy (non-hydrogen) atoms. The standard InChI is InChI=1S/C44H85O10P/c1-3-5-7-9-11-13-15-17-19-20-22-24-26-28-30-32-34-36-44(48)54-42(40-53-55(49,50)52-38-41(46)37-45)39-51-43(47)35-33-31-29-27-25-23-21-18-16-14-12-10-8-6-4-2/h14,16,41-42,45-46H,3-13,15,17-40H2,1-2H3,(H,49,50)/b16-14+/t41-,42+/m0/s1. The molecular formula is C44H85O10P. The van der Waals surface area contributed by atoms with Crippen LogP contribution in [0.1, 0.15) is 219 Å². The molecule has 0 saturated carbocycles. The van der Waals surface area contributed by atoms with Crippen molar-refractivity contribution in [2.24, 2.45) is 0 Å². The average molecular weight is 805 g/mol. The second-order valence-electron chi connectivity index (χ2n) is 15.4. The van der Waals surface area contributed by atoms with Crippen molar-refractivity contribution < 1.29 is 47.8 Å². The van der Waals surface area contributed by atoms with Crippen LogP contribution in [0.4, 0.5) is 0 Å². The molecule has 0 rings (SSSR count). The number of aliphatic hydroxyl groups is 2. The number of phosphoric ester groups is 1. The third-order valence-corrected chi connectivity index (χ3v) is 10.9. The number of allylic oxidation sites excluding steroid dienone is 2. The number of rotatable bonds is 43. The minimum Gasteiger partial charge on any atom is -0.462 e. The topological polar surface area (TPSA) is 149 Å². The Bertz CT molecular complexity index is 930. The summed E-state index contributed by atoms with van der Waals surface area (Å²) in [6, 6.07) is 0. The molecule has 0 fully saturated rings. The van der Waals surface area contributed by atoms with Gasteiger partial charge in [-0.15, -0.1) is 0 Å². The van der Waals surface area contributed by atoms with E-state index in [1.54, 1.807) is 0 Å². The fourth-order valence-electron chi connectivity index (χ4n) is 6.40. The van der Waals surface area contributed by atoms with E-state index in [1.807, 2.05) is 0 Å². The Morgan fingerprint density at radius 2 is 0.891 bits per heavy atom. The van der Waals surface area contributed by atoms with Crippen molar-refractivity contribution in [1.29, 1.82) is 0 Å². The lowest BCUT2D eigenvalue weighted by molar-refractivity contribution is -0.161. The quantitative estimate of drug-likeness (QED) is 0.0235. The van der Waals surface area contributed by atoms with Gasteiger partial charge in [-0.3, -0.25) is 18.6 Å². The first-order valence-corrected chi connectivity index (χ1v) is 24.1. The normalized spacial score (nSPS) is 13.9. The first kappa shape index (κ1) is 53.7. The van der Waals surface area contributed by atoms with Gasteiger partial charge in [0.1, 0.15) is 12.7 Å². The van der Waals surface area contributed by atoms with Crippen LogP contribution in [0.5, 0.6) is 0 Å². The third kappa shape index (κ3) is 40.7. The zero-order chi connectivity index (χ0) is 40.5. The van der Waals surface area contributed by atoms with Crippen molar-refractivity contribution >= 4 is 19.8 Å². The van der Waals surface area contributed by atoms with E-state index in [4.69, 9.17) is 23.6 Å². The summed E-state index contributed by atoms with van der Waals surface area (Å²) in [5.41, 5.74) is 0. The number of ether oxygens (including phenoxy) is 2. The zero-order valence-corrected chi connectivity index (χ0v) is 36.3. The molecule has 1 unspecified atom stereocenters. The third-order valence-electron chi connectivity index (χ3n) is 9.92. The lowest BCUT2D eigenvalue weighted by atomic mass is 10.0. The van der Waals surface area contributed by atoms with Crippen molar-refractivity contribution in [3.8, 4) is 0 Å². The van der Waals surface area contributed by atoms with E-state index in [1.165, 1.54) is 135 Å². The highest BCUT2D eigenvalue weighted by atomic mass is 31.2. The van der Waals surface area contributed by atoms with E-state index < -0.39 is 51.8 Å². The Labute approximate surface area is 336 Å². The SMILES string of the molecule is CCCCCC/C=C/CCCCCCCCCC(=O)OC[C@H](COP(=O)(O)OC[C@@H](O)CO)OC(=O)CCCCCCCCCCCCCCCCCCC. The number of unbranched alkanes of at least 4 members (excludes halogenated alkanes) is 27. The van der Waals surface area contributed by atoms with Crippen LogP contribution in [0, 0.1) is 0 Å². The van der Waals surface area contributed by atoms with Crippen molar-refractivity contribution in [2.75, 3.05) is 26.4 Å². The van der Waals surface area contributed by atoms with E-state index >= 15 is 0 Å². The molecule has 326 valence electrons. The average Bonchev–Trinajstić information content (AvgIpc) is 3.17. The number of carbonyl (C=O) groups excluding carboxylic acids is 2. The van der Waals surface area contributed by atoms with Gasteiger partial charge in [-0.25, -0.2) is 4.57 Å². The van der Waals surface area contributed by atoms with Crippen LogP contribution < -0.4 is 0 Å². The largest absolute Gasteiger partial charge is 0.472 e. The number of hydrogen-bond acceptors (Lipinski definition) is 9. The van der Waals surface area contributed by atoms with Crippen molar-refractivity contribution in [1.82, 2.24) is 0 Å². The maximum atomic E-state index is 12.6. The van der Waals surface area contributed by atoms with E-state index in [0.29, 0.717) is 12.8 Å². The van der Waals surface area contributed by atoms with Crippen LogP contribution in [-0.4, -0.2) is 65.7 Å². The predicted octanol–water partition coefficient (Wildman–Crippen LogP) is 12.0. The molecule has 0 heterocycles. The number of aliphatic hydroxyl groups excluding tert-OH is 2. The van der Waals surface area contributed by atoms with E-state index in [-0.39, 0.29) is 19.4 Å². The maximum Gasteiger partial charge on any atom is 0.472 e. The molecule has 0 spiro atoms. The summed E-state index contributed by atoms with van der Waals surface area (Å²) < 4.78 is 32.7. The zero-order valence-electron chi connectivity index (χ0n) is 35.4. The van der Waals surface area contributed by atoms with Crippen LogP contribution in [0.25, 0.3) is 0 Å². The van der Waals surface area contributed by atoms with Crippen molar-refractivity contribution in [3.05, 3.63) is 12.2 Å². The fourth-order valence-corrected chi connectivity index (χ4v) is 7.19. The summed E-state index contributed by atoms with van der Waals surface area (Å²) >= 11 is 0. The Morgan fingerprint density at radius 3 is 1.33 bits per heavy atom. The highest BCUT2D eigenvalue weighted by molar-refractivity contribution is 7.47. The Kier molecular flexibility index (Phi) is 39.9. The smallest absolute Gasteiger partial charge is 0.462 e. The lowest BCUT2D eigenvalue weighted by Gasteiger charge is -2.20. The number of carbonyl (C=O) groups is 2. The molecule has 0 aliphatic carbocycles. The van der Waals surface area contributed by atoms with Gasteiger partial charge in [-0.2, -0.15) is 0 Å². The van der Waals surface area contributed by atoms with Gasteiger partial charge >= 0.3 is 19.8 Å². The number of phosphoric acid groups is 1. The summed E-state index contributed by atoms with van der Waals surface area (Å²) in [5, 5.41) is 18.3. The first-order chi connectivity index (χ1) is 26.7. The van der Waals surface area contributed by atoms with Gasteiger partial charge in [0.05, 0.1) is 19.8 Å². The first-order valence-electron chi connectivity index (χ1n) is 22.6. The van der Waals surface area contributed by atoms with Crippen LogP contribution in [0.3, 0.4) is 0 Å².